The SMILES string of the molecule is Cn1ccnc1-c1ccccc1C(=O)N(Cc1ccccn1)CC1CCCO1. The van der Waals surface area contributed by atoms with E-state index in [0.717, 1.165) is 36.5 Å². The third-order valence-electron chi connectivity index (χ3n) is 5.03. The number of pyridine rings is 1. The number of amides is 1. The van der Waals surface area contributed by atoms with Gasteiger partial charge in [0.2, 0.25) is 0 Å². The number of rotatable bonds is 6. The molecule has 6 nitrogen and oxygen atoms in total. The number of benzene rings is 1. The normalized spacial score (nSPS) is 16.2. The summed E-state index contributed by atoms with van der Waals surface area (Å²) in [6.45, 7) is 1.78. The van der Waals surface area contributed by atoms with Crippen LogP contribution in [0.1, 0.15) is 28.9 Å². The van der Waals surface area contributed by atoms with Crippen molar-refractivity contribution in [2.75, 3.05) is 13.2 Å². The Hall–Kier alpha value is -2.99. The van der Waals surface area contributed by atoms with Crippen LogP contribution in [0.5, 0.6) is 0 Å². The van der Waals surface area contributed by atoms with Gasteiger partial charge in [-0.05, 0) is 31.0 Å². The summed E-state index contributed by atoms with van der Waals surface area (Å²) in [7, 11) is 1.93. The van der Waals surface area contributed by atoms with E-state index in [9.17, 15) is 4.79 Å². The molecule has 1 aliphatic heterocycles. The van der Waals surface area contributed by atoms with Crippen LogP contribution in [0, 0.1) is 0 Å². The quantitative estimate of drug-likeness (QED) is 0.662. The molecule has 1 amide bonds. The molecular formula is C22H24N4O2. The average molecular weight is 376 g/mol. The van der Waals surface area contributed by atoms with Crippen LogP contribution >= 0.6 is 0 Å². The zero-order valence-electron chi connectivity index (χ0n) is 16.0. The maximum absolute atomic E-state index is 13.6. The minimum Gasteiger partial charge on any atom is -0.376 e. The largest absolute Gasteiger partial charge is 0.376 e. The van der Waals surface area contributed by atoms with E-state index in [1.807, 2.05) is 65.2 Å². The van der Waals surface area contributed by atoms with Crippen molar-refractivity contribution in [2.24, 2.45) is 7.05 Å². The Morgan fingerprint density at radius 2 is 2.04 bits per heavy atom. The van der Waals surface area contributed by atoms with Gasteiger partial charge in [0.25, 0.3) is 5.91 Å². The zero-order valence-corrected chi connectivity index (χ0v) is 16.0. The minimum atomic E-state index is -0.0280. The molecule has 3 heterocycles. The Morgan fingerprint density at radius 1 is 1.18 bits per heavy atom. The highest BCUT2D eigenvalue weighted by Crippen LogP contribution is 2.24. The number of aromatic nitrogens is 3. The van der Waals surface area contributed by atoms with Crippen molar-refractivity contribution in [3.05, 3.63) is 72.3 Å². The molecule has 3 aromatic rings. The minimum absolute atomic E-state index is 0.0280. The molecule has 4 rings (SSSR count). The first-order chi connectivity index (χ1) is 13.7. The molecule has 1 aliphatic rings. The van der Waals surface area contributed by atoms with Gasteiger partial charge in [-0.25, -0.2) is 4.98 Å². The number of hydrogen-bond donors (Lipinski definition) is 0. The summed E-state index contributed by atoms with van der Waals surface area (Å²) in [6.07, 6.45) is 7.48. The standard InChI is InChI=1S/C22H24N4O2/c1-25-13-12-24-21(25)19-9-2-3-10-20(19)22(27)26(16-18-8-6-14-28-18)15-17-7-4-5-11-23-17/h2-5,7,9-13,18H,6,8,14-16H2,1H3. The van der Waals surface area contributed by atoms with Crippen molar-refractivity contribution < 1.29 is 9.53 Å². The summed E-state index contributed by atoms with van der Waals surface area (Å²) in [6, 6.07) is 13.4. The van der Waals surface area contributed by atoms with Crippen molar-refractivity contribution in [1.29, 1.82) is 0 Å². The van der Waals surface area contributed by atoms with Gasteiger partial charge < -0.3 is 14.2 Å². The van der Waals surface area contributed by atoms with E-state index in [1.54, 1.807) is 12.4 Å². The van der Waals surface area contributed by atoms with E-state index in [0.29, 0.717) is 18.7 Å². The van der Waals surface area contributed by atoms with E-state index in [2.05, 4.69) is 9.97 Å². The van der Waals surface area contributed by atoms with Crippen molar-refractivity contribution in [3.63, 3.8) is 0 Å². The first-order valence-electron chi connectivity index (χ1n) is 9.60. The van der Waals surface area contributed by atoms with Gasteiger partial charge in [-0.3, -0.25) is 9.78 Å². The van der Waals surface area contributed by atoms with Crippen LogP contribution in [0.3, 0.4) is 0 Å². The highest BCUT2D eigenvalue weighted by atomic mass is 16.5. The lowest BCUT2D eigenvalue weighted by Crippen LogP contribution is -2.37. The molecule has 0 N–H and O–H groups in total. The molecule has 0 spiro atoms. The van der Waals surface area contributed by atoms with Crippen LogP contribution in [0.2, 0.25) is 0 Å². The van der Waals surface area contributed by atoms with Gasteiger partial charge in [0.05, 0.1) is 23.9 Å². The molecule has 6 heteroatoms. The Balaban J connectivity index is 1.66. The number of imidazole rings is 1. The van der Waals surface area contributed by atoms with Crippen molar-refractivity contribution in [3.8, 4) is 11.4 Å². The molecule has 1 unspecified atom stereocenters. The first-order valence-corrected chi connectivity index (χ1v) is 9.60. The molecule has 0 saturated carbocycles. The maximum atomic E-state index is 13.6. The second kappa shape index (κ2) is 8.35. The smallest absolute Gasteiger partial charge is 0.255 e. The Labute approximate surface area is 164 Å². The summed E-state index contributed by atoms with van der Waals surface area (Å²) in [5.74, 6) is 0.749. The molecule has 28 heavy (non-hydrogen) atoms. The Kier molecular flexibility index (Phi) is 5.48. The van der Waals surface area contributed by atoms with E-state index in [-0.39, 0.29) is 12.0 Å². The third kappa shape index (κ3) is 3.97. The maximum Gasteiger partial charge on any atom is 0.255 e. The van der Waals surface area contributed by atoms with Gasteiger partial charge in [-0.2, -0.15) is 0 Å². The number of carbonyl (C=O) groups excluding carboxylic acids is 1. The highest BCUT2D eigenvalue weighted by molar-refractivity contribution is 6.00. The van der Waals surface area contributed by atoms with Gasteiger partial charge in [-0.1, -0.05) is 24.3 Å². The highest BCUT2D eigenvalue weighted by Gasteiger charge is 2.26. The lowest BCUT2D eigenvalue weighted by molar-refractivity contribution is 0.0505. The fourth-order valence-electron chi connectivity index (χ4n) is 3.60. The van der Waals surface area contributed by atoms with E-state index in [1.165, 1.54) is 0 Å². The molecule has 1 fully saturated rings. The number of aryl methyl sites for hydroxylation is 1. The molecule has 0 bridgehead atoms. The topological polar surface area (TPSA) is 60.2 Å². The second-order valence-electron chi connectivity index (χ2n) is 7.05. The Bertz CT molecular complexity index is 932. The van der Waals surface area contributed by atoms with Crippen LogP contribution in [0.15, 0.2) is 61.1 Å². The zero-order chi connectivity index (χ0) is 19.3. The van der Waals surface area contributed by atoms with Gasteiger partial charge in [0, 0.05) is 44.4 Å². The number of ether oxygens (including phenoxy) is 1. The summed E-state index contributed by atoms with van der Waals surface area (Å²) >= 11 is 0. The Morgan fingerprint density at radius 3 is 2.75 bits per heavy atom. The molecule has 0 radical (unpaired) electrons. The fourth-order valence-corrected chi connectivity index (χ4v) is 3.60. The van der Waals surface area contributed by atoms with Crippen molar-refractivity contribution >= 4 is 5.91 Å². The molecule has 1 saturated heterocycles. The van der Waals surface area contributed by atoms with E-state index >= 15 is 0 Å². The van der Waals surface area contributed by atoms with Crippen LogP contribution in [-0.2, 0) is 18.3 Å². The lowest BCUT2D eigenvalue weighted by Gasteiger charge is -2.26. The van der Waals surface area contributed by atoms with E-state index < -0.39 is 0 Å². The predicted octanol–water partition coefficient (Wildman–Crippen LogP) is 3.30. The van der Waals surface area contributed by atoms with Gasteiger partial charge in [0.15, 0.2) is 0 Å². The van der Waals surface area contributed by atoms with Crippen molar-refractivity contribution in [2.45, 2.75) is 25.5 Å². The van der Waals surface area contributed by atoms with E-state index in [4.69, 9.17) is 4.74 Å². The predicted molar refractivity (Wildman–Crippen MR) is 107 cm³/mol. The summed E-state index contributed by atoms with van der Waals surface area (Å²) in [5.41, 5.74) is 2.34. The summed E-state index contributed by atoms with van der Waals surface area (Å²) in [4.78, 5) is 24.3. The average Bonchev–Trinajstić information content (AvgIpc) is 3.39. The van der Waals surface area contributed by atoms with Gasteiger partial charge in [-0.15, -0.1) is 0 Å². The first kappa shape index (κ1) is 18.4. The van der Waals surface area contributed by atoms with Crippen LogP contribution < -0.4 is 0 Å². The molecular weight excluding hydrogens is 352 g/mol. The monoisotopic (exact) mass is 376 g/mol. The number of hydrogen-bond acceptors (Lipinski definition) is 4. The number of carbonyl (C=O) groups is 1. The fraction of sp³-hybridized carbons (Fsp3) is 0.318. The second-order valence-corrected chi connectivity index (χ2v) is 7.05. The molecule has 1 atom stereocenters. The third-order valence-corrected chi connectivity index (χ3v) is 5.03. The molecule has 2 aromatic heterocycles. The lowest BCUT2D eigenvalue weighted by atomic mass is 10.0. The molecule has 0 aliphatic carbocycles. The van der Waals surface area contributed by atoms with Crippen LogP contribution in [0.25, 0.3) is 11.4 Å². The van der Waals surface area contributed by atoms with Gasteiger partial charge >= 0.3 is 0 Å². The number of nitrogens with zero attached hydrogens (tertiary/aromatic N) is 4. The van der Waals surface area contributed by atoms with Crippen LogP contribution in [0.4, 0.5) is 0 Å². The molecule has 1 aromatic carbocycles. The van der Waals surface area contributed by atoms with Crippen LogP contribution in [-0.4, -0.2) is 44.6 Å². The summed E-state index contributed by atoms with van der Waals surface area (Å²) in [5, 5.41) is 0. The van der Waals surface area contributed by atoms with Crippen molar-refractivity contribution in [1.82, 2.24) is 19.4 Å². The summed E-state index contributed by atoms with van der Waals surface area (Å²) < 4.78 is 7.72. The molecule has 144 valence electrons. The van der Waals surface area contributed by atoms with Gasteiger partial charge in [0.1, 0.15) is 5.82 Å².